The molecule has 1 aromatic rings. The van der Waals surface area contributed by atoms with Crippen LogP contribution in [-0.4, -0.2) is 63.6 Å². The summed E-state index contributed by atoms with van der Waals surface area (Å²) in [5.74, 6) is -0.190. The average molecular weight is 344 g/mol. The molecular weight excluding hydrogens is 320 g/mol. The van der Waals surface area contributed by atoms with E-state index < -0.39 is 12.1 Å². The molecule has 7 heteroatoms. The van der Waals surface area contributed by atoms with Gasteiger partial charge in [0.1, 0.15) is 6.04 Å². The van der Waals surface area contributed by atoms with Gasteiger partial charge in [-0.15, -0.1) is 0 Å². The quantitative estimate of drug-likeness (QED) is 0.855. The zero-order chi connectivity index (χ0) is 18.1. The first-order chi connectivity index (χ1) is 11.9. The van der Waals surface area contributed by atoms with Gasteiger partial charge in [-0.05, 0) is 30.9 Å². The highest BCUT2D eigenvalue weighted by Crippen LogP contribution is 2.31. The Bertz CT molecular complexity index is 676. The molecule has 0 spiro atoms. The SMILES string of the molecule is CC(C)CC(N)C(=O)N1CCC2C1C(=O)CN2C(=O)c1cccnc1. The van der Waals surface area contributed by atoms with Crippen molar-refractivity contribution in [2.45, 2.75) is 44.8 Å². The minimum atomic E-state index is -0.602. The highest BCUT2D eigenvalue weighted by molar-refractivity contribution is 6.02. The smallest absolute Gasteiger partial charge is 0.256 e. The second-order valence-electron chi connectivity index (χ2n) is 7.21. The van der Waals surface area contributed by atoms with Crippen molar-refractivity contribution in [3.63, 3.8) is 0 Å². The zero-order valence-electron chi connectivity index (χ0n) is 14.6. The first-order valence-electron chi connectivity index (χ1n) is 8.70. The largest absolute Gasteiger partial charge is 0.329 e. The molecule has 3 unspecified atom stereocenters. The summed E-state index contributed by atoms with van der Waals surface area (Å²) in [6.07, 6.45) is 4.28. The van der Waals surface area contributed by atoms with Crippen LogP contribution in [0.25, 0.3) is 0 Å². The van der Waals surface area contributed by atoms with Gasteiger partial charge in [0.2, 0.25) is 5.91 Å². The zero-order valence-corrected chi connectivity index (χ0v) is 14.6. The number of carbonyl (C=O) groups is 3. The number of hydrogen-bond acceptors (Lipinski definition) is 5. The van der Waals surface area contributed by atoms with Gasteiger partial charge in [-0.25, -0.2) is 0 Å². The molecule has 134 valence electrons. The molecule has 1 aromatic heterocycles. The summed E-state index contributed by atoms with van der Waals surface area (Å²) in [6, 6.07) is 1.94. The summed E-state index contributed by atoms with van der Waals surface area (Å²) < 4.78 is 0. The fourth-order valence-electron chi connectivity index (χ4n) is 3.82. The van der Waals surface area contributed by atoms with E-state index in [2.05, 4.69) is 4.98 Å². The Labute approximate surface area is 147 Å². The highest BCUT2D eigenvalue weighted by atomic mass is 16.2. The van der Waals surface area contributed by atoms with Crippen LogP contribution >= 0.6 is 0 Å². The molecule has 0 radical (unpaired) electrons. The lowest BCUT2D eigenvalue weighted by molar-refractivity contribution is -0.137. The molecule has 3 heterocycles. The van der Waals surface area contributed by atoms with E-state index in [1.807, 2.05) is 13.8 Å². The normalized spacial score (nSPS) is 23.9. The summed E-state index contributed by atoms with van der Waals surface area (Å²) in [6.45, 7) is 4.51. The monoisotopic (exact) mass is 344 g/mol. The van der Waals surface area contributed by atoms with Gasteiger partial charge in [0, 0.05) is 18.9 Å². The third kappa shape index (κ3) is 3.28. The number of fused-ring (bicyclic) bond motifs is 1. The molecule has 7 nitrogen and oxygen atoms in total. The van der Waals surface area contributed by atoms with E-state index in [0.29, 0.717) is 30.9 Å². The molecule has 0 bridgehead atoms. The highest BCUT2D eigenvalue weighted by Gasteiger charge is 2.51. The number of pyridine rings is 1. The van der Waals surface area contributed by atoms with Crippen LogP contribution in [0.3, 0.4) is 0 Å². The Hall–Kier alpha value is -2.28. The molecule has 25 heavy (non-hydrogen) atoms. The molecule has 0 saturated carbocycles. The van der Waals surface area contributed by atoms with Gasteiger partial charge >= 0.3 is 0 Å². The molecule has 2 aliphatic heterocycles. The number of amides is 2. The van der Waals surface area contributed by atoms with Crippen molar-refractivity contribution >= 4 is 17.6 Å². The van der Waals surface area contributed by atoms with Gasteiger partial charge in [0.25, 0.3) is 5.91 Å². The van der Waals surface area contributed by atoms with Gasteiger partial charge < -0.3 is 15.5 Å². The van der Waals surface area contributed by atoms with Gasteiger partial charge in [-0.2, -0.15) is 0 Å². The number of rotatable bonds is 4. The number of likely N-dealkylation sites (tertiary alicyclic amines) is 2. The number of Topliss-reactive ketones (excluding diaryl/α,β-unsaturated/α-hetero) is 1. The molecule has 3 atom stereocenters. The van der Waals surface area contributed by atoms with Crippen molar-refractivity contribution in [3.8, 4) is 0 Å². The first-order valence-corrected chi connectivity index (χ1v) is 8.70. The number of aromatic nitrogens is 1. The molecular formula is C18H24N4O3. The van der Waals surface area contributed by atoms with Crippen molar-refractivity contribution in [3.05, 3.63) is 30.1 Å². The molecule has 0 aromatic carbocycles. The number of carbonyl (C=O) groups excluding carboxylic acids is 3. The second-order valence-corrected chi connectivity index (χ2v) is 7.21. The molecule has 2 N–H and O–H groups in total. The van der Waals surface area contributed by atoms with Crippen LogP contribution in [0.1, 0.15) is 37.0 Å². The third-order valence-electron chi connectivity index (χ3n) is 4.92. The summed E-state index contributed by atoms with van der Waals surface area (Å²) >= 11 is 0. The van der Waals surface area contributed by atoms with E-state index >= 15 is 0 Å². The summed E-state index contributed by atoms with van der Waals surface area (Å²) in [7, 11) is 0. The lowest BCUT2D eigenvalue weighted by Gasteiger charge is -2.27. The number of nitrogens with two attached hydrogens (primary N) is 1. The number of nitrogens with zero attached hydrogens (tertiary/aromatic N) is 3. The predicted octanol–water partition coefficient (Wildman–Crippen LogP) is 0.449. The van der Waals surface area contributed by atoms with Gasteiger partial charge in [-0.3, -0.25) is 19.4 Å². The maximum Gasteiger partial charge on any atom is 0.256 e. The molecule has 3 rings (SSSR count). The van der Waals surface area contributed by atoms with Gasteiger partial charge in [0.15, 0.2) is 5.78 Å². The lowest BCUT2D eigenvalue weighted by atomic mass is 10.0. The summed E-state index contributed by atoms with van der Waals surface area (Å²) in [4.78, 5) is 45.0. The topological polar surface area (TPSA) is 96.6 Å². The van der Waals surface area contributed by atoms with E-state index in [4.69, 9.17) is 5.73 Å². The van der Waals surface area contributed by atoms with Crippen molar-refractivity contribution in [2.75, 3.05) is 13.1 Å². The van der Waals surface area contributed by atoms with Crippen LogP contribution in [-0.2, 0) is 9.59 Å². The van der Waals surface area contributed by atoms with Crippen LogP contribution in [0.4, 0.5) is 0 Å². The fourth-order valence-corrected chi connectivity index (χ4v) is 3.82. The standard InChI is InChI=1S/C18H24N4O3/c1-11(2)8-13(19)18(25)21-7-5-14-16(21)15(23)10-22(14)17(24)12-4-3-6-20-9-12/h3-4,6,9,11,13-14,16H,5,7-8,10,19H2,1-2H3. The molecule has 2 fully saturated rings. The third-order valence-corrected chi connectivity index (χ3v) is 4.92. The minimum absolute atomic E-state index is 0.0340. The fraction of sp³-hybridized carbons (Fsp3) is 0.556. The van der Waals surface area contributed by atoms with Crippen LogP contribution < -0.4 is 5.73 Å². The Balaban J connectivity index is 1.76. The Kier molecular flexibility index (Phi) is 4.85. The molecule has 2 saturated heterocycles. The van der Waals surface area contributed by atoms with Crippen LogP contribution in [0.5, 0.6) is 0 Å². The molecule has 2 amide bonds. The molecule has 0 aliphatic carbocycles. The van der Waals surface area contributed by atoms with Crippen LogP contribution in [0.15, 0.2) is 24.5 Å². The second kappa shape index (κ2) is 6.92. The van der Waals surface area contributed by atoms with E-state index in [9.17, 15) is 14.4 Å². The van der Waals surface area contributed by atoms with Crippen molar-refractivity contribution in [1.82, 2.24) is 14.8 Å². The van der Waals surface area contributed by atoms with Crippen molar-refractivity contribution in [1.29, 1.82) is 0 Å². The summed E-state index contributed by atoms with van der Waals surface area (Å²) in [5, 5.41) is 0. The van der Waals surface area contributed by atoms with Crippen molar-refractivity contribution in [2.24, 2.45) is 11.7 Å². The Morgan fingerprint density at radius 2 is 2.12 bits per heavy atom. The van der Waals surface area contributed by atoms with Gasteiger partial charge in [0.05, 0.1) is 24.2 Å². The molecule has 2 aliphatic rings. The number of hydrogen-bond donors (Lipinski definition) is 1. The van der Waals surface area contributed by atoms with Crippen molar-refractivity contribution < 1.29 is 14.4 Å². The van der Waals surface area contributed by atoms with E-state index in [-0.39, 0.29) is 30.2 Å². The Morgan fingerprint density at radius 3 is 2.76 bits per heavy atom. The van der Waals surface area contributed by atoms with E-state index in [1.165, 1.54) is 6.20 Å². The van der Waals surface area contributed by atoms with E-state index in [0.717, 1.165) is 0 Å². The Morgan fingerprint density at radius 1 is 1.36 bits per heavy atom. The summed E-state index contributed by atoms with van der Waals surface area (Å²) in [5.41, 5.74) is 6.48. The van der Waals surface area contributed by atoms with Crippen LogP contribution in [0.2, 0.25) is 0 Å². The first kappa shape index (κ1) is 17.5. The lowest BCUT2D eigenvalue weighted by Crippen LogP contribution is -2.50. The van der Waals surface area contributed by atoms with Gasteiger partial charge in [-0.1, -0.05) is 13.8 Å². The average Bonchev–Trinajstić information content (AvgIpc) is 3.15. The minimum Gasteiger partial charge on any atom is -0.329 e. The predicted molar refractivity (Wildman–Crippen MR) is 91.6 cm³/mol. The maximum atomic E-state index is 12.7. The number of ketones is 1. The van der Waals surface area contributed by atoms with E-state index in [1.54, 1.807) is 28.1 Å². The van der Waals surface area contributed by atoms with Crippen LogP contribution in [0, 0.1) is 5.92 Å². The maximum absolute atomic E-state index is 12.7.